The topological polar surface area (TPSA) is 95.5 Å². The smallest absolute Gasteiger partial charge is 0.326 e. The molecule has 2 amide bonds. The van der Waals surface area contributed by atoms with Gasteiger partial charge in [0.25, 0.3) is 0 Å². The zero-order valence-corrected chi connectivity index (χ0v) is 12.4. The van der Waals surface area contributed by atoms with Crippen molar-refractivity contribution in [1.82, 2.24) is 5.32 Å². The Bertz CT molecular complexity index is 560. The zero-order chi connectivity index (χ0) is 16.7. The molecule has 0 aromatic heterocycles. The molecule has 1 aromatic carbocycles. The molecule has 1 unspecified atom stereocenters. The van der Waals surface area contributed by atoms with Crippen LogP contribution in [-0.4, -0.2) is 28.9 Å². The van der Waals surface area contributed by atoms with E-state index in [2.05, 4.69) is 10.6 Å². The van der Waals surface area contributed by atoms with Crippen LogP contribution in [0.1, 0.15) is 26.7 Å². The Kier molecular flexibility index (Phi) is 6.49. The van der Waals surface area contributed by atoms with Crippen LogP contribution in [-0.2, 0) is 14.4 Å². The fourth-order valence-electron chi connectivity index (χ4n) is 1.78. The van der Waals surface area contributed by atoms with Gasteiger partial charge >= 0.3 is 5.97 Å². The van der Waals surface area contributed by atoms with Crippen LogP contribution in [0.2, 0.25) is 0 Å². The van der Waals surface area contributed by atoms with Gasteiger partial charge < -0.3 is 15.7 Å². The molecule has 1 rings (SSSR count). The lowest BCUT2D eigenvalue weighted by Gasteiger charge is -2.17. The highest BCUT2D eigenvalue weighted by atomic mass is 19.1. The van der Waals surface area contributed by atoms with Crippen molar-refractivity contribution in [3.63, 3.8) is 0 Å². The number of carboxylic acids is 1. The molecule has 3 N–H and O–H groups in total. The number of amides is 2. The second-order valence-corrected chi connectivity index (χ2v) is 5.19. The minimum Gasteiger partial charge on any atom is -0.480 e. The predicted octanol–water partition coefficient (Wildman–Crippen LogP) is 1.77. The second kappa shape index (κ2) is 8.11. The van der Waals surface area contributed by atoms with E-state index in [4.69, 9.17) is 5.11 Å². The zero-order valence-electron chi connectivity index (χ0n) is 12.4. The third-order valence-corrected chi connectivity index (χ3v) is 2.94. The van der Waals surface area contributed by atoms with Crippen molar-refractivity contribution in [2.24, 2.45) is 5.92 Å². The molecule has 6 nitrogen and oxygen atoms in total. The average molecular weight is 310 g/mol. The van der Waals surface area contributed by atoms with E-state index in [0.29, 0.717) is 5.69 Å². The maximum atomic E-state index is 13.0. The first-order valence-electron chi connectivity index (χ1n) is 6.87. The molecule has 0 saturated heterocycles. The van der Waals surface area contributed by atoms with Crippen LogP contribution in [0.3, 0.4) is 0 Å². The Morgan fingerprint density at radius 2 is 1.82 bits per heavy atom. The molecule has 1 aromatic rings. The highest BCUT2D eigenvalue weighted by molar-refractivity contribution is 5.93. The minimum atomic E-state index is -1.12. The number of carbonyl (C=O) groups is 3. The van der Waals surface area contributed by atoms with Crippen LogP contribution in [0, 0.1) is 11.7 Å². The molecule has 0 bridgehead atoms. The second-order valence-electron chi connectivity index (χ2n) is 5.19. The lowest BCUT2D eigenvalue weighted by molar-refractivity contribution is -0.143. The summed E-state index contributed by atoms with van der Waals surface area (Å²) in [6.45, 7) is 3.35. The molecular weight excluding hydrogens is 291 g/mol. The van der Waals surface area contributed by atoms with Crippen molar-refractivity contribution in [3.8, 4) is 0 Å². The SMILES string of the molecule is CC(C)C(NC(=O)CCC(=O)Nc1cccc(F)c1)C(=O)O. The van der Waals surface area contributed by atoms with E-state index >= 15 is 0 Å². The summed E-state index contributed by atoms with van der Waals surface area (Å²) in [5.41, 5.74) is 0.302. The van der Waals surface area contributed by atoms with Crippen LogP contribution < -0.4 is 10.6 Å². The van der Waals surface area contributed by atoms with Gasteiger partial charge in [-0.25, -0.2) is 9.18 Å². The molecule has 1 atom stereocenters. The summed E-state index contributed by atoms with van der Waals surface area (Å²) >= 11 is 0. The number of carbonyl (C=O) groups excluding carboxylic acids is 2. The number of nitrogens with one attached hydrogen (secondary N) is 2. The summed E-state index contributed by atoms with van der Waals surface area (Å²) in [5, 5.41) is 13.8. The predicted molar refractivity (Wildman–Crippen MR) is 78.7 cm³/mol. The summed E-state index contributed by atoms with van der Waals surface area (Å²) in [4.78, 5) is 34.3. The van der Waals surface area contributed by atoms with Crippen molar-refractivity contribution in [2.45, 2.75) is 32.7 Å². The number of aliphatic carboxylic acids is 1. The van der Waals surface area contributed by atoms with E-state index in [-0.39, 0.29) is 18.8 Å². The molecule has 0 saturated carbocycles. The van der Waals surface area contributed by atoms with Crippen LogP contribution in [0.4, 0.5) is 10.1 Å². The number of carboxylic acid groups (broad SMARTS) is 1. The molecule has 0 radical (unpaired) electrons. The van der Waals surface area contributed by atoms with Crippen molar-refractivity contribution in [2.75, 3.05) is 5.32 Å². The Morgan fingerprint density at radius 3 is 2.36 bits per heavy atom. The van der Waals surface area contributed by atoms with Gasteiger partial charge in [-0.3, -0.25) is 9.59 Å². The maximum absolute atomic E-state index is 13.0. The van der Waals surface area contributed by atoms with Crippen molar-refractivity contribution < 1.29 is 23.9 Å². The number of anilines is 1. The minimum absolute atomic E-state index is 0.118. The molecule has 0 aliphatic heterocycles. The summed E-state index contributed by atoms with van der Waals surface area (Å²) in [7, 11) is 0. The normalized spacial score (nSPS) is 11.8. The third kappa shape index (κ3) is 5.90. The van der Waals surface area contributed by atoms with Gasteiger partial charge in [-0.15, -0.1) is 0 Å². The standard InChI is InChI=1S/C15H19FN2O4/c1-9(2)14(15(21)22)18-13(20)7-6-12(19)17-11-5-3-4-10(16)8-11/h3-5,8-9,14H,6-7H2,1-2H3,(H,17,19)(H,18,20)(H,21,22). The first kappa shape index (κ1) is 17.6. The lowest BCUT2D eigenvalue weighted by Crippen LogP contribution is -2.44. The Hall–Kier alpha value is -2.44. The van der Waals surface area contributed by atoms with E-state index in [0.717, 1.165) is 6.07 Å². The van der Waals surface area contributed by atoms with Crippen LogP contribution in [0.5, 0.6) is 0 Å². The quantitative estimate of drug-likeness (QED) is 0.715. The number of hydrogen-bond acceptors (Lipinski definition) is 3. The van der Waals surface area contributed by atoms with Gasteiger partial charge in [0.2, 0.25) is 11.8 Å². The fraction of sp³-hybridized carbons (Fsp3) is 0.400. The van der Waals surface area contributed by atoms with Crippen LogP contribution in [0.15, 0.2) is 24.3 Å². The maximum Gasteiger partial charge on any atom is 0.326 e. The first-order chi connectivity index (χ1) is 10.3. The Balaban J connectivity index is 2.43. The molecule has 0 fully saturated rings. The monoisotopic (exact) mass is 310 g/mol. The van der Waals surface area contributed by atoms with Crippen molar-refractivity contribution >= 4 is 23.5 Å². The van der Waals surface area contributed by atoms with Crippen LogP contribution in [0.25, 0.3) is 0 Å². The average Bonchev–Trinajstić information content (AvgIpc) is 2.42. The van der Waals surface area contributed by atoms with Gasteiger partial charge in [-0.2, -0.15) is 0 Å². The third-order valence-electron chi connectivity index (χ3n) is 2.94. The molecule has 0 spiro atoms. The molecule has 0 aliphatic carbocycles. The van der Waals surface area contributed by atoms with E-state index < -0.39 is 29.6 Å². The van der Waals surface area contributed by atoms with E-state index in [1.54, 1.807) is 13.8 Å². The summed E-state index contributed by atoms with van der Waals surface area (Å²) in [5.74, 6) is -2.82. The van der Waals surface area contributed by atoms with Gasteiger partial charge in [0.1, 0.15) is 11.9 Å². The highest BCUT2D eigenvalue weighted by Crippen LogP contribution is 2.10. The molecule has 7 heteroatoms. The number of benzene rings is 1. The highest BCUT2D eigenvalue weighted by Gasteiger charge is 2.23. The first-order valence-corrected chi connectivity index (χ1v) is 6.87. The van der Waals surface area contributed by atoms with Gasteiger partial charge in [-0.05, 0) is 24.1 Å². The number of hydrogen-bond donors (Lipinski definition) is 3. The molecule has 22 heavy (non-hydrogen) atoms. The fourth-order valence-corrected chi connectivity index (χ4v) is 1.78. The molecule has 0 aliphatic rings. The molecular formula is C15H19FN2O4. The van der Waals surface area contributed by atoms with E-state index in [9.17, 15) is 18.8 Å². The van der Waals surface area contributed by atoms with E-state index in [1.807, 2.05) is 0 Å². The van der Waals surface area contributed by atoms with Gasteiger partial charge in [0.05, 0.1) is 0 Å². The number of halogens is 1. The summed E-state index contributed by atoms with van der Waals surface area (Å²) in [6, 6.07) is 4.41. The number of rotatable bonds is 7. The Labute approximate surface area is 127 Å². The van der Waals surface area contributed by atoms with Crippen LogP contribution >= 0.6 is 0 Å². The largest absolute Gasteiger partial charge is 0.480 e. The van der Waals surface area contributed by atoms with Crippen molar-refractivity contribution in [3.05, 3.63) is 30.1 Å². The summed E-state index contributed by atoms with van der Waals surface area (Å²) < 4.78 is 13.0. The van der Waals surface area contributed by atoms with Gasteiger partial charge in [0, 0.05) is 18.5 Å². The van der Waals surface area contributed by atoms with Crippen molar-refractivity contribution in [1.29, 1.82) is 0 Å². The van der Waals surface area contributed by atoms with Gasteiger partial charge in [-0.1, -0.05) is 19.9 Å². The lowest BCUT2D eigenvalue weighted by atomic mass is 10.0. The summed E-state index contributed by atoms with van der Waals surface area (Å²) in [6.07, 6.45) is -0.259. The molecule has 0 heterocycles. The Morgan fingerprint density at radius 1 is 1.18 bits per heavy atom. The van der Waals surface area contributed by atoms with E-state index in [1.165, 1.54) is 18.2 Å². The molecule has 120 valence electrons. The van der Waals surface area contributed by atoms with Gasteiger partial charge in [0.15, 0.2) is 0 Å².